The van der Waals surface area contributed by atoms with E-state index in [-0.39, 0.29) is 11.3 Å². The van der Waals surface area contributed by atoms with E-state index in [1.54, 1.807) is 6.07 Å². The number of carbonyl (C=O) groups is 1. The Bertz CT molecular complexity index is 830. The zero-order chi connectivity index (χ0) is 21.0. The average Bonchev–Trinajstić information content (AvgIpc) is 2.72. The normalized spacial score (nSPS) is 20.2. The van der Waals surface area contributed by atoms with Crippen LogP contribution in [0.5, 0.6) is 5.75 Å². The molecular formula is C23H31N3O3. The van der Waals surface area contributed by atoms with Gasteiger partial charge in [0.25, 0.3) is 5.91 Å². The Morgan fingerprint density at radius 3 is 2.45 bits per heavy atom. The molecule has 6 nitrogen and oxygen atoms in total. The van der Waals surface area contributed by atoms with Crippen molar-refractivity contribution >= 4 is 11.6 Å². The molecule has 1 amide bonds. The predicted octanol–water partition coefficient (Wildman–Crippen LogP) is 2.87. The highest BCUT2D eigenvalue weighted by atomic mass is 16.3. The van der Waals surface area contributed by atoms with E-state index in [9.17, 15) is 15.0 Å². The molecule has 0 radical (unpaired) electrons. The van der Waals surface area contributed by atoms with E-state index >= 15 is 0 Å². The number of primary amides is 1. The van der Waals surface area contributed by atoms with Crippen molar-refractivity contribution in [3.05, 3.63) is 59.2 Å². The highest BCUT2D eigenvalue weighted by Crippen LogP contribution is 2.27. The van der Waals surface area contributed by atoms with Crippen LogP contribution in [-0.2, 0) is 0 Å². The second-order valence-corrected chi connectivity index (χ2v) is 8.02. The van der Waals surface area contributed by atoms with Crippen LogP contribution in [0, 0.1) is 6.92 Å². The minimum atomic E-state index is -0.762. The Hall–Kier alpha value is -2.57. The Balaban J connectivity index is 1.49. The van der Waals surface area contributed by atoms with E-state index in [1.165, 1.54) is 23.4 Å². The zero-order valence-electron chi connectivity index (χ0n) is 17.1. The largest absolute Gasteiger partial charge is 0.507 e. The first-order chi connectivity index (χ1) is 13.8. The summed E-state index contributed by atoms with van der Waals surface area (Å²) in [6.07, 6.45) is 3.54. The fourth-order valence-corrected chi connectivity index (χ4v) is 4.01. The molecule has 0 spiro atoms. The molecule has 3 rings (SSSR count). The summed E-state index contributed by atoms with van der Waals surface area (Å²) in [4.78, 5) is 13.7. The van der Waals surface area contributed by atoms with E-state index < -0.39 is 12.0 Å². The van der Waals surface area contributed by atoms with E-state index in [0.29, 0.717) is 24.2 Å². The van der Waals surface area contributed by atoms with Crippen LogP contribution in [0.1, 0.15) is 53.3 Å². The molecule has 156 valence electrons. The first-order valence-corrected chi connectivity index (χ1v) is 10.2. The van der Waals surface area contributed by atoms with Gasteiger partial charge < -0.3 is 26.2 Å². The fraction of sp³-hybridized carbons (Fsp3) is 0.435. The molecule has 1 saturated carbocycles. The van der Waals surface area contributed by atoms with Crippen molar-refractivity contribution in [1.82, 2.24) is 5.32 Å². The van der Waals surface area contributed by atoms with Gasteiger partial charge in [0.05, 0.1) is 11.7 Å². The van der Waals surface area contributed by atoms with Gasteiger partial charge in [0.2, 0.25) is 0 Å². The van der Waals surface area contributed by atoms with Gasteiger partial charge >= 0.3 is 0 Å². The van der Waals surface area contributed by atoms with Gasteiger partial charge in [-0.2, -0.15) is 0 Å². The number of nitrogens with one attached hydrogen (secondary N) is 1. The number of rotatable bonds is 7. The first kappa shape index (κ1) is 21.1. The maximum atomic E-state index is 11.4. The van der Waals surface area contributed by atoms with Crippen LogP contribution in [-0.4, -0.2) is 41.8 Å². The minimum Gasteiger partial charge on any atom is -0.507 e. The summed E-state index contributed by atoms with van der Waals surface area (Å²) in [7, 11) is 2.16. The van der Waals surface area contributed by atoms with Gasteiger partial charge in [-0.05, 0) is 62.4 Å². The van der Waals surface area contributed by atoms with Gasteiger partial charge in [0, 0.05) is 31.4 Å². The fourth-order valence-electron chi connectivity index (χ4n) is 4.01. The van der Waals surface area contributed by atoms with Crippen molar-refractivity contribution in [2.45, 2.75) is 50.8 Å². The molecular weight excluding hydrogens is 366 g/mol. The van der Waals surface area contributed by atoms with Gasteiger partial charge in [-0.25, -0.2) is 0 Å². The number of aliphatic hydroxyl groups is 1. The van der Waals surface area contributed by atoms with Crippen LogP contribution in [0.4, 0.5) is 5.69 Å². The van der Waals surface area contributed by atoms with Gasteiger partial charge in [0.1, 0.15) is 5.75 Å². The molecule has 1 aliphatic rings. The van der Waals surface area contributed by atoms with Crippen LogP contribution in [0.15, 0.2) is 42.5 Å². The SMILES string of the molecule is Cc1ccc(N(C)C2CCC(NCC(O)c3ccc(O)c(C(N)=O)c3)CC2)cc1. The van der Waals surface area contributed by atoms with Gasteiger partial charge in [-0.15, -0.1) is 0 Å². The second kappa shape index (κ2) is 9.29. The van der Waals surface area contributed by atoms with Gasteiger partial charge in [-0.1, -0.05) is 23.8 Å². The second-order valence-electron chi connectivity index (χ2n) is 8.02. The van der Waals surface area contributed by atoms with Crippen molar-refractivity contribution in [2.75, 3.05) is 18.5 Å². The molecule has 1 aliphatic carbocycles. The number of aliphatic hydroxyl groups excluding tert-OH is 1. The molecule has 1 unspecified atom stereocenters. The number of benzene rings is 2. The number of aryl methyl sites for hydroxylation is 1. The lowest BCUT2D eigenvalue weighted by Gasteiger charge is -2.36. The Kier molecular flexibility index (Phi) is 6.77. The predicted molar refractivity (Wildman–Crippen MR) is 115 cm³/mol. The minimum absolute atomic E-state index is 0.0289. The first-order valence-electron chi connectivity index (χ1n) is 10.2. The number of amides is 1. The molecule has 2 aromatic rings. The Morgan fingerprint density at radius 1 is 1.17 bits per heavy atom. The van der Waals surface area contributed by atoms with E-state index in [1.807, 2.05) is 0 Å². The van der Waals surface area contributed by atoms with Crippen LogP contribution in [0.3, 0.4) is 0 Å². The van der Waals surface area contributed by atoms with Crippen molar-refractivity contribution < 1.29 is 15.0 Å². The monoisotopic (exact) mass is 397 g/mol. The van der Waals surface area contributed by atoms with Crippen molar-refractivity contribution in [2.24, 2.45) is 5.73 Å². The quantitative estimate of drug-likeness (QED) is 0.576. The van der Waals surface area contributed by atoms with Crippen LogP contribution in [0.2, 0.25) is 0 Å². The van der Waals surface area contributed by atoms with E-state index in [0.717, 1.165) is 25.7 Å². The molecule has 29 heavy (non-hydrogen) atoms. The maximum Gasteiger partial charge on any atom is 0.252 e. The molecule has 1 atom stereocenters. The lowest BCUT2D eigenvalue weighted by Crippen LogP contribution is -2.42. The van der Waals surface area contributed by atoms with Crippen molar-refractivity contribution in [3.63, 3.8) is 0 Å². The number of anilines is 1. The number of nitrogens with two attached hydrogens (primary N) is 1. The molecule has 0 bridgehead atoms. The summed E-state index contributed by atoms with van der Waals surface area (Å²) < 4.78 is 0. The molecule has 6 heteroatoms. The summed E-state index contributed by atoms with van der Waals surface area (Å²) in [5.74, 6) is -0.877. The average molecular weight is 398 g/mol. The van der Waals surface area contributed by atoms with Crippen LogP contribution >= 0.6 is 0 Å². The lowest BCUT2D eigenvalue weighted by atomic mass is 9.90. The van der Waals surface area contributed by atoms with Crippen LogP contribution < -0.4 is 16.0 Å². The number of carbonyl (C=O) groups excluding carboxylic acids is 1. The van der Waals surface area contributed by atoms with Gasteiger partial charge in [0.15, 0.2) is 0 Å². The highest BCUT2D eigenvalue weighted by molar-refractivity contribution is 5.95. The van der Waals surface area contributed by atoms with Gasteiger partial charge in [-0.3, -0.25) is 4.79 Å². The molecule has 0 aliphatic heterocycles. The third-order valence-corrected chi connectivity index (χ3v) is 5.96. The van der Waals surface area contributed by atoms with Crippen molar-refractivity contribution in [3.8, 4) is 5.75 Å². The summed E-state index contributed by atoms with van der Waals surface area (Å²) in [6.45, 7) is 2.49. The maximum absolute atomic E-state index is 11.4. The standard InChI is InChI=1S/C23H31N3O3/c1-15-3-8-18(9-4-15)26(2)19-10-6-17(7-11-19)25-14-22(28)16-5-12-21(27)20(13-16)23(24)29/h3-5,8-9,12-13,17,19,22,25,27-28H,6-7,10-11,14H2,1-2H3,(H2,24,29). The molecule has 0 heterocycles. The number of hydrogen-bond donors (Lipinski definition) is 4. The van der Waals surface area contributed by atoms with Crippen LogP contribution in [0.25, 0.3) is 0 Å². The molecule has 5 N–H and O–H groups in total. The molecule has 2 aromatic carbocycles. The summed E-state index contributed by atoms with van der Waals surface area (Å²) in [5.41, 5.74) is 8.38. The number of aromatic hydroxyl groups is 1. The number of phenols is 1. The topological polar surface area (TPSA) is 98.8 Å². The Labute approximate surface area is 172 Å². The summed E-state index contributed by atoms with van der Waals surface area (Å²) in [5, 5.41) is 23.6. The molecule has 0 saturated heterocycles. The molecule has 0 aromatic heterocycles. The smallest absolute Gasteiger partial charge is 0.252 e. The van der Waals surface area contributed by atoms with E-state index in [2.05, 4.69) is 48.5 Å². The molecule has 1 fully saturated rings. The zero-order valence-corrected chi connectivity index (χ0v) is 17.1. The lowest BCUT2D eigenvalue weighted by molar-refractivity contribution is 0.0997. The third-order valence-electron chi connectivity index (χ3n) is 5.96. The number of nitrogens with zero attached hydrogens (tertiary/aromatic N) is 1. The summed E-state index contributed by atoms with van der Waals surface area (Å²) in [6, 6.07) is 14.0. The van der Waals surface area contributed by atoms with Crippen molar-refractivity contribution in [1.29, 1.82) is 0 Å². The Morgan fingerprint density at radius 2 is 1.83 bits per heavy atom. The third kappa shape index (κ3) is 5.28. The summed E-state index contributed by atoms with van der Waals surface area (Å²) >= 11 is 0. The number of hydrogen-bond acceptors (Lipinski definition) is 5. The highest BCUT2D eigenvalue weighted by Gasteiger charge is 2.24. The van der Waals surface area contributed by atoms with E-state index in [4.69, 9.17) is 5.73 Å².